The molecule has 1 unspecified atom stereocenters. The van der Waals surface area contributed by atoms with Crippen molar-refractivity contribution in [2.24, 2.45) is 5.73 Å². The van der Waals surface area contributed by atoms with Crippen molar-refractivity contribution in [1.82, 2.24) is 4.72 Å². The lowest BCUT2D eigenvalue weighted by molar-refractivity contribution is 0.543. The van der Waals surface area contributed by atoms with Crippen LogP contribution in [0.25, 0.3) is 10.8 Å². The highest BCUT2D eigenvalue weighted by Crippen LogP contribution is 2.28. The Kier molecular flexibility index (Phi) is 5.81. The monoisotopic (exact) mass is 340 g/mol. The molecule has 0 spiro atoms. The first-order valence-corrected chi connectivity index (χ1v) is 9.24. The van der Waals surface area contributed by atoms with E-state index in [2.05, 4.69) is 11.6 Å². The van der Waals surface area contributed by atoms with E-state index < -0.39 is 10.0 Å². The topological polar surface area (TPSA) is 72.2 Å². The largest absolute Gasteiger partial charge is 0.327 e. The molecule has 2 aromatic carbocycles. The molecule has 0 aliphatic rings. The van der Waals surface area contributed by atoms with Gasteiger partial charge in [0.15, 0.2) is 0 Å². The summed E-state index contributed by atoms with van der Waals surface area (Å²) in [5.74, 6) is 0. The molecular formula is C16H21ClN2O2S. The Labute approximate surface area is 136 Å². The summed E-state index contributed by atoms with van der Waals surface area (Å²) in [6.45, 7) is 2.32. The van der Waals surface area contributed by atoms with Crippen molar-refractivity contribution >= 4 is 32.4 Å². The van der Waals surface area contributed by atoms with E-state index in [4.69, 9.17) is 17.3 Å². The van der Waals surface area contributed by atoms with Crippen LogP contribution in [0.3, 0.4) is 0 Å². The number of rotatable bonds is 7. The molecule has 2 rings (SSSR count). The number of nitrogens with one attached hydrogen (secondary N) is 1. The molecule has 0 amide bonds. The molecule has 0 radical (unpaired) electrons. The molecule has 120 valence electrons. The lowest BCUT2D eigenvalue weighted by Gasteiger charge is -2.14. The van der Waals surface area contributed by atoms with Crippen molar-refractivity contribution in [3.8, 4) is 0 Å². The minimum absolute atomic E-state index is 0.173. The van der Waals surface area contributed by atoms with Crippen LogP contribution in [-0.2, 0) is 10.0 Å². The highest BCUT2D eigenvalue weighted by atomic mass is 35.5. The van der Waals surface area contributed by atoms with Crippen molar-refractivity contribution in [2.45, 2.75) is 37.1 Å². The van der Waals surface area contributed by atoms with Gasteiger partial charge in [0.05, 0.1) is 4.90 Å². The van der Waals surface area contributed by atoms with Crippen molar-refractivity contribution in [3.05, 3.63) is 41.4 Å². The predicted octanol–water partition coefficient (Wildman–Crippen LogP) is 3.29. The van der Waals surface area contributed by atoms with E-state index in [0.29, 0.717) is 10.4 Å². The molecule has 0 saturated carbocycles. The minimum atomic E-state index is -3.61. The van der Waals surface area contributed by atoms with Gasteiger partial charge < -0.3 is 5.73 Å². The Bertz CT molecular complexity index is 747. The van der Waals surface area contributed by atoms with Gasteiger partial charge in [0.1, 0.15) is 0 Å². The van der Waals surface area contributed by atoms with Gasteiger partial charge >= 0.3 is 0 Å². The molecule has 6 heteroatoms. The molecule has 22 heavy (non-hydrogen) atoms. The first-order chi connectivity index (χ1) is 10.5. The van der Waals surface area contributed by atoms with Crippen LogP contribution >= 0.6 is 11.6 Å². The Morgan fingerprint density at radius 3 is 2.59 bits per heavy atom. The van der Waals surface area contributed by atoms with Crippen molar-refractivity contribution < 1.29 is 8.42 Å². The maximum absolute atomic E-state index is 12.5. The van der Waals surface area contributed by atoms with Crippen LogP contribution in [0.2, 0.25) is 5.02 Å². The van der Waals surface area contributed by atoms with E-state index in [1.807, 2.05) is 6.07 Å². The van der Waals surface area contributed by atoms with Gasteiger partial charge in [-0.05, 0) is 18.6 Å². The van der Waals surface area contributed by atoms with Crippen molar-refractivity contribution in [2.75, 3.05) is 6.54 Å². The fourth-order valence-electron chi connectivity index (χ4n) is 2.34. The molecule has 0 fully saturated rings. The number of hydrogen-bond acceptors (Lipinski definition) is 3. The van der Waals surface area contributed by atoms with Gasteiger partial charge in [0.2, 0.25) is 10.0 Å². The van der Waals surface area contributed by atoms with Gasteiger partial charge in [-0.3, -0.25) is 0 Å². The molecule has 0 aliphatic carbocycles. The number of sulfonamides is 1. The summed E-state index contributed by atoms with van der Waals surface area (Å²) >= 11 is 6.13. The Morgan fingerprint density at radius 2 is 1.86 bits per heavy atom. The summed E-state index contributed by atoms with van der Waals surface area (Å²) in [6, 6.07) is 10.2. The maximum Gasteiger partial charge on any atom is 0.241 e. The Balaban J connectivity index is 2.25. The average Bonchev–Trinajstić information content (AvgIpc) is 2.51. The SMILES string of the molecule is CCCCC(N)CNS(=O)(=O)c1cccc2c(Cl)cccc12. The zero-order chi connectivity index (χ0) is 16.2. The molecule has 0 heterocycles. The zero-order valence-corrected chi connectivity index (χ0v) is 14.1. The first kappa shape index (κ1) is 17.2. The fraction of sp³-hybridized carbons (Fsp3) is 0.375. The molecule has 0 saturated heterocycles. The highest BCUT2D eigenvalue weighted by Gasteiger charge is 2.18. The van der Waals surface area contributed by atoms with E-state index in [1.54, 1.807) is 30.3 Å². The number of benzene rings is 2. The van der Waals surface area contributed by atoms with Crippen LogP contribution in [0.4, 0.5) is 0 Å². The molecular weight excluding hydrogens is 320 g/mol. The van der Waals surface area contributed by atoms with Gasteiger partial charge in [-0.2, -0.15) is 0 Å². The Hall–Kier alpha value is -1.14. The predicted molar refractivity (Wildman–Crippen MR) is 91.6 cm³/mol. The second-order valence-corrected chi connectivity index (χ2v) is 7.49. The van der Waals surface area contributed by atoms with E-state index in [0.717, 1.165) is 24.6 Å². The van der Waals surface area contributed by atoms with Crippen LogP contribution in [0.15, 0.2) is 41.3 Å². The average molecular weight is 341 g/mol. The van der Waals surface area contributed by atoms with Gasteiger partial charge in [-0.15, -0.1) is 0 Å². The standard InChI is InChI=1S/C16H21ClN2O2S/c1-2-3-6-12(18)11-19-22(20,21)16-10-5-7-13-14(16)8-4-9-15(13)17/h4-5,7-10,12,19H,2-3,6,11,18H2,1H3. The maximum atomic E-state index is 12.5. The number of unbranched alkanes of at least 4 members (excludes halogenated alkanes) is 1. The second kappa shape index (κ2) is 7.42. The summed E-state index contributed by atoms with van der Waals surface area (Å²) in [5.41, 5.74) is 5.93. The highest BCUT2D eigenvalue weighted by molar-refractivity contribution is 7.89. The molecule has 3 N–H and O–H groups in total. The normalized spacial score (nSPS) is 13.4. The lowest BCUT2D eigenvalue weighted by atomic mass is 10.1. The van der Waals surface area contributed by atoms with Crippen LogP contribution < -0.4 is 10.5 Å². The third-order valence-corrected chi connectivity index (χ3v) is 5.39. The van der Waals surface area contributed by atoms with Crippen molar-refractivity contribution in [3.63, 3.8) is 0 Å². The number of halogens is 1. The number of hydrogen-bond donors (Lipinski definition) is 2. The Morgan fingerprint density at radius 1 is 1.18 bits per heavy atom. The summed E-state index contributed by atoms with van der Waals surface area (Å²) in [5, 5.41) is 1.88. The number of nitrogens with two attached hydrogens (primary N) is 1. The summed E-state index contributed by atoms with van der Waals surface area (Å²) in [7, 11) is -3.61. The molecule has 0 aliphatic heterocycles. The van der Waals surface area contributed by atoms with Crippen LogP contribution in [0, 0.1) is 0 Å². The summed E-state index contributed by atoms with van der Waals surface area (Å²) in [6.07, 6.45) is 2.84. The van der Waals surface area contributed by atoms with Crippen LogP contribution in [0.1, 0.15) is 26.2 Å². The smallest absolute Gasteiger partial charge is 0.241 e. The molecule has 0 bridgehead atoms. The van der Waals surface area contributed by atoms with Gasteiger partial charge in [-0.1, -0.05) is 55.6 Å². The molecule has 4 nitrogen and oxygen atoms in total. The van der Waals surface area contributed by atoms with Gasteiger partial charge in [0, 0.05) is 28.4 Å². The quantitative estimate of drug-likeness (QED) is 0.812. The van der Waals surface area contributed by atoms with E-state index in [9.17, 15) is 8.42 Å². The second-order valence-electron chi connectivity index (χ2n) is 5.35. The van der Waals surface area contributed by atoms with Crippen LogP contribution in [0.5, 0.6) is 0 Å². The summed E-state index contributed by atoms with van der Waals surface area (Å²) in [4.78, 5) is 0.232. The minimum Gasteiger partial charge on any atom is -0.327 e. The molecule has 1 atom stereocenters. The van der Waals surface area contributed by atoms with Crippen molar-refractivity contribution in [1.29, 1.82) is 0 Å². The van der Waals surface area contributed by atoms with Gasteiger partial charge in [0.25, 0.3) is 0 Å². The zero-order valence-electron chi connectivity index (χ0n) is 12.5. The molecule has 2 aromatic rings. The van der Waals surface area contributed by atoms with E-state index in [1.165, 1.54) is 0 Å². The molecule has 0 aromatic heterocycles. The number of fused-ring (bicyclic) bond motifs is 1. The first-order valence-electron chi connectivity index (χ1n) is 7.38. The third-order valence-electron chi connectivity index (χ3n) is 3.58. The lowest BCUT2D eigenvalue weighted by Crippen LogP contribution is -2.37. The summed E-state index contributed by atoms with van der Waals surface area (Å²) < 4.78 is 27.7. The third kappa shape index (κ3) is 3.98. The van der Waals surface area contributed by atoms with Crippen LogP contribution in [-0.4, -0.2) is 21.0 Å². The fourth-order valence-corrected chi connectivity index (χ4v) is 3.89. The van der Waals surface area contributed by atoms with E-state index in [-0.39, 0.29) is 17.5 Å². The van der Waals surface area contributed by atoms with E-state index >= 15 is 0 Å². The van der Waals surface area contributed by atoms with Gasteiger partial charge in [-0.25, -0.2) is 13.1 Å².